The molecular weight excluding hydrogens is 332 g/mol. The molecule has 0 fully saturated rings. The van der Waals surface area contributed by atoms with E-state index >= 15 is 0 Å². The number of ketones is 1. The molecule has 1 amide bonds. The number of rotatable bonds is 4. The third-order valence-corrected chi connectivity index (χ3v) is 4.72. The molecule has 5 heteroatoms. The Morgan fingerprint density at radius 2 is 1.68 bits per heavy atom. The van der Waals surface area contributed by atoms with Crippen LogP contribution >= 0.6 is 11.3 Å². The van der Waals surface area contributed by atoms with Gasteiger partial charge in [-0.2, -0.15) is 0 Å². The van der Waals surface area contributed by atoms with E-state index in [1.54, 1.807) is 30.5 Å². The van der Waals surface area contributed by atoms with E-state index in [1.165, 1.54) is 11.3 Å². The van der Waals surface area contributed by atoms with Gasteiger partial charge in [-0.3, -0.25) is 14.9 Å². The Labute approximate surface area is 150 Å². The summed E-state index contributed by atoms with van der Waals surface area (Å²) in [5.74, 6) is -0.481. The molecule has 126 valence electrons. The number of aromatic nitrogens is 1. The van der Waals surface area contributed by atoms with E-state index in [-0.39, 0.29) is 11.7 Å². The molecule has 0 radical (unpaired) electrons. The largest absolute Gasteiger partial charge is 0.298 e. The SMILES string of the molecule is Cc1ccc(C)c(C(=O)c2ccccc2C(=O)Nc2ncc(C)s2)c1. The first-order chi connectivity index (χ1) is 12.0. The van der Waals surface area contributed by atoms with E-state index in [4.69, 9.17) is 0 Å². The first kappa shape index (κ1) is 17.0. The number of hydrogen-bond donors (Lipinski definition) is 1. The van der Waals surface area contributed by atoms with Crippen molar-refractivity contribution in [1.29, 1.82) is 0 Å². The fourth-order valence-corrected chi connectivity index (χ4v) is 3.24. The Kier molecular flexibility index (Phi) is 4.76. The second kappa shape index (κ2) is 6.99. The third-order valence-electron chi connectivity index (χ3n) is 3.90. The van der Waals surface area contributed by atoms with Crippen LogP contribution in [0.2, 0.25) is 0 Å². The van der Waals surface area contributed by atoms with Crippen molar-refractivity contribution in [2.45, 2.75) is 20.8 Å². The molecule has 0 aliphatic rings. The van der Waals surface area contributed by atoms with E-state index in [9.17, 15) is 9.59 Å². The van der Waals surface area contributed by atoms with Gasteiger partial charge in [0.25, 0.3) is 5.91 Å². The molecule has 0 spiro atoms. The van der Waals surface area contributed by atoms with Crippen molar-refractivity contribution in [3.63, 3.8) is 0 Å². The van der Waals surface area contributed by atoms with Gasteiger partial charge in [-0.25, -0.2) is 4.98 Å². The third kappa shape index (κ3) is 3.67. The Morgan fingerprint density at radius 3 is 2.36 bits per heavy atom. The number of thiazole rings is 1. The minimum atomic E-state index is -0.330. The Hall–Kier alpha value is -2.79. The van der Waals surface area contributed by atoms with Gasteiger partial charge < -0.3 is 0 Å². The monoisotopic (exact) mass is 350 g/mol. The summed E-state index contributed by atoms with van der Waals surface area (Å²) in [7, 11) is 0. The minimum absolute atomic E-state index is 0.151. The second-order valence-electron chi connectivity index (χ2n) is 5.92. The number of amides is 1. The fourth-order valence-electron chi connectivity index (χ4n) is 2.58. The molecular formula is C20H18N2O2S. The van der Waals surface area contributed by atoms with Crippen LogP contribution in [0.1, 0.15) is 42.3 Å². The van der Waals surface area contributed by atoms with Gasteiger partial charge in [0, 0.05) is 22.2 Å². The van der Waals surface area contributed by atoms with Crippen molar-refractivity contribution in [1.82, 2.24) is 4.98 Å². The number of hydrogen-bond acceptors (Lipinski definition) is 4. The molecule has 0 saturated heterocycles. The quantitative estimate of drug-likeness (QED) is 0.702. The van der Waals surface area contributed by atoms with Crippen molar-refractivity contribution >= 4 is 28.2 Å². The zero-order valence-electron chi connectivity index (χ0n) is 14.3. The molecule has 3 aromatic rings. The number of carbonyl (C=O) groups is 2. The van der Waals surface area contributed by atoms with Gasteiger partial charge in [0.15, 0.2) is 10.9 Å². The predicted octanol–water partition coefficient (Wildman–Crippen LogP) is 4.55. The highest BCUT2D eigenvalue weighted by Gasteiger charge is 2.20. The summed E-state index contributed by atoms with van der Waals surface area (Å²) in [5, 5.41) is 3.29. The van der Waals surface area contributed by atoms with Crippen LogP contribution in [-0.2, 0) is 0 Å². The summed E-state index contributed by atoms with van der Waals surface area (Å²) in [6.45, 7) is 5.76. The molecule has 1 aromatic heterocycles. The van der Waals surface area contributed by atoms with Gasteiger partial charge in [0.2, 0.25) is 0 Å². The highest BCUT2D eigenvalue weighted by atomic mass is 32.1. The average molecular weight is 350 g/mol. The van der Waals surface area contributed by atoms with Crippen LogP contribution in [0.25, 0.3) is 0 Å². The summed E-state index contributed by atoms with van der Waals surface area (Å²) >= 11 is 1.40. The lowest BCUT2D eigenvalue weighted by Crippen LogP contribution is -2.17. The molecule has 2 aromatic carbocycles. The molecule has 1 N–H and O–H groups in total. The molecule has 0 aliphatic heterocycles. The smallest absolute Gasteiger partial charge is 0.258 e. The lowest BCUT2D eigenvalue weighted by Gasteiger charge is -2.10. The first-order valence-corrected chi connectivity index (χ1v) is 8.72. The van der Waals surface area contributed by atoms with Crippen LogP contribution in [0.5, 0.6) is 0 Å². The topological polar surface area (TPSA) is 59.1 Å². The number of carbonyl (C=O) groups excluding carboxylic acids is 2. The molecule has 0 saturated carbocycles. The predicted molar refractivity (Wildman–Crippen MR) is 101 cm³/mol. The van der Waals surface area contributed by atoms with E-state index in [1.807, 2.05) is 39.0 Å². The number of aryl methyl sites for hydroxylation is 3. The van der Waals surface area contributed by atoms with Crippen LogP contribution in [0, 0.1) is 20.8 Å². The van der Waals surface area contributed by atoms with Gasteiger partial charge in [0.05, 0.1) is 5.56 Å². The van der Waals surface area contributed by atoms with Gasteiger partial charge in [-0.05, 0) is 38.5 Å². The van der Waals surface area contributed by atoms with Gasteiger partial charge in [-0.1, -0.05) is 35.9 Å². The molecule has 4 nitrogen and oxygen atoms in total. The van der Waals surface area contributed by atoms with Crippen molar-refractivity contribution in [2.24, 2.45) is 0 Å². The van der Waals surface area contributed by atoms with Crippen LogP contribution in [-0.4, -0.2) is 16.7 Å². The van der Waals surface area contributed by atoms with Crippen molar-refractivity contribution < 1.29 is 9.59 Å². The molecule has 0 bridgehead atoms. The fraction of sp³-hybridized carbons (Fsp3) is 0.150. The zero-order chi connectivity index (χ0) is 18.0. The van der Waals surface area contributed by atoms with Crippen molar-refractivity contribution in [2.75, 3.05) is 5.32 Å². The molecule has 0 unspecified atom stereocenters. The summed E-state index contributed by atoms with van der Waals surface area (Å²) in [6.07, 6.45) is 1.70. The summed E-state index contributed by atoms with van der Waals surface area (Å²) in [6, 6.07) is 12.6. The average Bonchev–Trinajstić information content (AvgIpc) is 3.01. The highest BCUT2D eigenvalue weighted by molar-refractivity contribution is 7.15. The first-order valence-electron chi connectivity index (χ1n) is 7.90. The standard InChI is InChI=1S/C20H18N2O2S/c1-12-8-9-13(2)17(10-12)18(23)15-6-4-5-7-16(15)19(24)22-20-21-11-14(3)25-20/h4-11H,1-3H3,(H,21,22,24). The maximum atomic E-state index is 13.0. The molecule has 0 atom stereocenters. The van der Waals surface area contributed by atoms with E-state index in [0.29, 0.717) is 21.8 Å². The summed E-state index contributed by atoms with van der Waals surface area (Å²) in [5.41, 5.74) is 3.25. The minimum Gasteiger partial charge on any atom is -0.298 e. The maximum Gasteiger partial charge on any atom is 0.258 e. The summed E-state index contributed by atoms with van der Waals surface area (Å²) < 4.78 is 0. The molecule has 3 rings (SSSR count). The molecule has 1 heterocycles. The number of nitrogens with one attached hydrogen (secondary N) is 1. The Morgan fingerprint density at radius 1 is 0.960 bits per heavy atom. The van der Waals surface area contributed by atoms with Crippen LogP contribution in [0.15, 0.2) is 48.7 Å². The maximum absolute atomic E-state index is 13.0. The number of anilines is 1. The Balaban J connectivity index is 1.96. The Bertz CT molecular complexity index is 960. The van der Waals surface area contributed by atoms with Crippen LogP contribution in [0.3, 0.4) is 0 Å². The molecule has 0 aliphatic carbocycles. The van der Waals surface area contributed by atoms with Gasteiger partial charge in [0.1, 0.15) is 0 Å². The van der Waals surface area contributed by atoms with Crippen molar-refractivity contribution in [3.8, 4) is 0 Å². The lowest BCUT2D eigenvalue weighted by molar-refractivity contribution is 0.0996. The van der Waals surface area contributed by atoms with E-state index in [0.717, 1.165) is 16.0 Å². The highest BCUT2D eigenvalue weighted by Crippen LogP contribution is 2.21. The number of benzene rings is 2. The molecule has 25 heavy (non-hydrogen) atoms. The van der Waals surface area contributed by atoms with Crippen LogP contribution < -0.4 is 5.32 Å². The zero-order valence-corrected chi connectivity index (χ0v) is 15.1. The summed E-state index contributed by atoms with van der Waals surface area (Å²) in [4.78, 5) is 30.8. The van der Waals surface area contributed by atoms with Gasteiger partial charge >= 0.3 is 0 Å². The number of nitrogens with zero attached hydrogens (tertiary/aromatic N) is 1. The van der Waals surface area contributed by atoms with Gasteiger partial charge in [-0.15, -0.1) is 11.3 Å². The van der Waals surface area contributed by atoms with E-state index < -0.39 is 0 Å². The van der Waals surface area contributed by atoms with Crippen molar-refractivity contribution in [3.05, 3.63) is 81.4 Å². The lowest BCUT2D eigenvalue weighted by atomic mass is 9.94. The van der Waals surface area contributed by atoms with E-state index in [2.05, 4.69) is 10.3 Å². The van der Waals surface area contributed by atoms with Crippen LogP contribution in [0.4, 0.5) is 5.13 Å². The normalized spacial score (nSPS) is 10.5. The second-order valence-corrected chi connectivity index (χ2v) is 7.16.